The van der Waals surface area contributed by atoms with Gasteiger partial charge in [-0.05, 0) is 43.2 Å². The van der Waals surface area contributed by atoms with Crippen LogP contribution in [-0.4, -0.2) is 0 Å². The predicted octanol–water partition coefficient (Wildman–Crippen LogP) is 3.32. The largest absolute Gasteiger partial charge is 0.279 e. The van der Waals surface area contributed by atoms with Gasteiger partial charge in [-0.2, -0.15) is 0 Å². The fourth-order valence-corrected chi connectivity index (χ4v) is 1.72. The predicted molar refractivity (Wildman–Crippen MR) is 68.7 cm³/mol. The lowest BCUT2D eigenvalue weighted by molar-refractivity contribution is 1.07. The number of hydrogen-bond acceptors (Lipinski definition) is 2. The van der Waals surface area contributed by atoms with E-state index in [4.69, 9.17) is 5.84 Å². The van der Waals surface area contributed by atoms with E-state index in [1.54, 1.807) is 5.01 Å². The maximum absolute atomic E-state index is 6.12. The first kappa shape index (κ1) is 10.7. The molecule has 82 valence electrons. The molecule has 0 aliphatic heterocycles. The van der Waals surface area contributed by atoms with Gasteiger partial charge in [0.1, 0.15) is 0 Å². The standard InChI is InChI=1S/C14H16N2/c1-11-7-6-10-14(12(11)2)16(15)13-8-4-3-5-9-13/h3-10H,15H2,1-2H3. The van der Waals surface area contributed by atoms with Crippen LogP contribution in [0, 0.1) is 13.8 Å². The van der Waals surface area contributed by atoms with Crippen LogP contribution in [0.5, 0.6) is 0 Å². The zero-order valence-corrected chi connectivity index (χ0v) is 9.64. The van der Waals surface area contributed by atoms with Gasteiger partial charge in [0.2, 0.25) is 0 Å². The minimum atomic E-state index is 0.996. The van der Waals surface area contributed by atoms with Gasteiger partial charge < -0.3 is 0 Å². The summed E-state index contributed by atoms with van der Waals surface area (Å²) in [5, 5.41) is 1.72. The third-order valence-electron chi connectivity index (χ3n) is 2.87. The van der Waals surface area contributed by atoms with E-state index >= 15 is 0 Å². The molecule has 0 spiro atoms. The number of aryl methyl sites for hydroxylation is 1. The molecule has 2 nitrogen and oxygen atoms in total. The molecule has 0 saturated heterocycles. The van der Waals surface area contributed by atoms with Gasteiger partial charge in [0, 0.05) is 0 Å². The molecule has 0 aromatic heterocycles. The van der Waals surface area contributed by atoms with Gasteiger partial charge in [-0.25, -0.2) is 5.84 Å². The van der Waals surface area contributed by atoms with Crippen molar-refractivity contribution in [1.29, 1.82) is 0 Å². The first-order chi connectivity index (χ1) is 7.70. The maximum atomic E-state index is 6.12. The number of hydrogen-bond donors (Lipinski definition) is 1. The summed E-state index contributed by atoms with van der Waals surface area (Å²) in [4.78, 5) is 0. The summed E-state index contributed by atoms with van der Waals surface area (Å²) in [6, 6.07) is 16.1. The lowest BCUT2D eigenvalue weighted by Crippen LogP contribution is -2.25. The molecule has 0 heterocycles. The van der Waals surface area contributed by atoms with E-state index in [9.17, 15) is 0 Å². The zero-order valence-electron chi connectivity index (χ0n) is 9.64. The molecule has 0 fully saturated rings. The average Bonchev–Trinajstić information content (AvgIpc) is 2.33. The highest BCUT2D eigenvalue weighted by molar-refractivity contribution is 5.65. The minimum absolute atomic E-state index is 0.996. The molecule has 0 aliphatic carbocycles. The molecule has 0 aliphatic rings. The van der Waals surface area contributed by atoms with E-state index in [0.717, 1.165) is 11.4 Å². The Morgan fingerprint density at radius 1 is 0.875 bits per heavy atom. The first-order valence-electron chi connectivity index (χ1n) is 5.36. The highest BCUT2D eigenvalue weighted by atomic mass is 15.4. The summed E-state index contributed by atoms with van der Waals surface area (Å²) in [6.07, 6.45) is 0. The van der Waals surface area contributed by atoms with Crippen LogP contribution in [0.1, 0.15) is 11.1 Å². The molecule has 0 atom stereocenters. The molecule has 2 N–H and O–H groups in total. The van der Waals surface area contributed by atoms with Crippen LogP contribution in [-0.2, 0) is 0 Å². The van der Waals surface area contributed by atoms with Crippen molar-refractivity contribution >= 4 is 11.4 Å². The van der Waals surface area contributed by atoms with E-state index in [1.165, 1.54) is 11.1 Å². The van der Waals surface area contributed by atoms with Crippen LogP contribution in [0.2, 0.25) is 0 Å². The summed E-state index contributed by atoms with van der Waals surface area (Å²) in [7, 11) is 0. The van der Waals surface area contributed by atoms with Crippen LogP contribution in [0.25, 0.3) is 0 Å². The normalized spacial score (nSPS) is 10.2. The summed E-state index contributed by atoms with van der Waals surface area (Å²) < 4.78 is 0. The number of anilines is 2. The second kappa shape index (κ2) is 4.37. The third-order valence-corrected chi connectivity index (χ3v) is 2.87. The summed E-state index contributed by atoms with van der Waals surface area (Å²) in [5.41, 5.74) is 4.51. The highest BCUT2D eigenvalue weighted by Crippen LogP contribution is 2.26. The number of nitrogens with two attached hydrogens (primary N) is 1. The van der Waals surface area contributed by atoms with Gasteiger partial charge in [0.25, 0.3) is 0 Å². The highest BCUT2D eigenvalue weighted by Gasteiger charge is 2.07. The fourth-order valence-electron chi connectivity index (χ4n) is 1.72. The molecule has 16 heavy (non-hydrogen) atoms. The number of nitrogens with zero attached hydrogens (tertiary/aromatic N) is 1. The molecule has 0 amide bonds. The van der Waals surface area contributed by atoms with E-state index in [1.807, 2.05) is 42.5 Å². The molecule has 2 rings (SSSR count). The smallest absolute Gasteiger partial charge is 0.0607 e. The SMILES string of the molecule is Cc1cccc(N(N)c2ccccc2)c1C. The Bertz CT molecular complexity index is 477. The number of hydrazine groups is 1. The lowest BCUT2D eigenvalue weighted by atomic mass is 10.1. The van der Waals surface area contributed by atoms with Gasteiger partial charge in [-0.1, -0.05) is 30.3 Å². The molecule has 2 heteroatoms. The van der Waals surface area contributed by atoms with Crippen molar-refractivity contribution in [3.05, 3.63) is 59.7 Å². The Hall–Kier alpha value is -1.80. The number of rotatable bonds is 2. The third kappa shape index (κ3) is 1.92. The molecular formula is C14H16N2. The average molecular weight is 212 g/mol. The molecule has 0 unspecified atom stereocenters. The first-order valence-corrected chi connectivity index (χ1v) is 5.36. The number of para-hydroxylation sites is 1. The van der Waals surface area contributed by atoms with Crippen molar-refractivity contribution in [2.24, 2.45) is 5.84 Å². The lowest BCUT2D eigenvalue weighted by Gasteiger charge is -2.21. The number of benzene rings is 2. The fraction of sp³-hybridized carbons (Fsp3) is 0.143. The van der Waals surface area contributed by atoms with Crippen molar-refractivity contribution in [3.8, 4) is 0 Å². The van der Waals surface area contributed by atoms with Crippen LogP contribution in [0.15, 0.2) is 48.5 Å². The maximum Gasteiger partial charge on any atom is 0.0607 e. The Labute approximate surface area is 96.3 Å². The van der Waals surface area contributed by atoms with E-state index in [0.29, 0.717) is 0 Å². The van der Waals surface area contributed by atoms with Crippen LogP contribution >= 0.6 is 0 Å². The van der Waals surface area contributed by atoms with Crippen molar-refractivity contribution < 1.29 is 0 Å². The molecule has 2 aromatic rings. The van der Waals surface area contributed by atoms with Crippen molar-refractivity contribution in [2.75, 3.05) is 5.01 Å². The molecular weight excluding hydrogens is 196 g/mol. The van der Waals surface area contributed by atoms with Gasteiger partial charge in [0.05, 0.1) is 11.4 Å². The topological polar surface area (TPSA) is 29.3 Å². The van der Waals surface area contributed by atoms with Crippen LogP contribution < -0.4 is 10.9 Å². The van der Waals surface area contributed by atoms with E-state index in [2.05, 4.69) is 19.9 Å². The second-order valence-electron chi connectivity index (χ2n) is 3.92. The summed E-state index contributed by atoms with van der Waals surface area (Å²) in [5.74, 6) is 6.12. The van der Waals surface area contributed by atoms with E-state index in [-0.39, 0.29) is 0 Å². The second-order valence-corrected chi connectivity index (χ2v) is 3.92. The van der Waals surface area contributed by atoms with Gasteiger partial charge >= 0.3 is 0 Å². The zero-order chi connectivity index (χ0) is 11.5. The van der Waals surface area contributed by atoms with Gasteiger partial charge in [-0.15, -0.1) is 0 Å². The Morgan fingerprint density at radius 3 is 2.25 bits per heavy atom. The van der Waals surface area contributed by atoms with Crippen LogP contribution in [0.3, 0.4) is 0 Å². The Kier molecular flexibility index (Phi) is 2.93. The van der Waals surface area contributed by atoms with Crippen molar-refractivity contribution in [1.82, 2.24) is 0 Å². The molecule has 2 aromatic carbocycles. The van der Waals surface area contributed by atoms with Gasteiger partial charge in [-0.3, -0.25) is 5.01 Å². The van der Waals surface area contributed by atoms with Crippen LogP contribution in [0.4, 0.5) is 11.4 Å². The van der Waals surface area contributed by atoms with Crippen molar-refractivity contribution in [3.63, 3.8) is 0 Å². The quantitative estimate of drug-likeness (QED) is 0.611. The Balaban J connectivity index is 2.42. The molecule has 0 radical (unpaired) electrons. The van der Waals surface area contributed by atoms with E-state index < -0.39 is 0 Å². The summed E-state index contributed by atoms with van der Waals surface area (Å²) in [6.45, 7) is 4.19. The Morgan fingerprint density at radius 2 is 1.56 bits per heavy atom. The molecule has 0 bridgehead atoms. The monoisotopic (exact) mass is 212 g/mol. The van der Waals surface area contributed by atoms with Gasteiger partial charge in [0.15, 0.2) is 0 Å². The minimum Gasteiger partial charge on any atom is -0.279 e. The van der Waals surface area contributed by atoms with Crippen molar-refractivity contribution in [2.45, 2.75) is 13.8 Å². The molecule has 0 saturated carbocycles. The summed E-state index contributed by atoms with van der Waals surface area (Å²) >= 11 is 0.